The topological polar surface area (TPSA) is 55.8 Å². The summed E-state index contributed by atoms with van der Waals surface area (Å²) < 4.78 is 10.4. The van der Waals surface area contributed by atoms with Gasteiger partial charge in [0.1, 0.15) is 12.7 Å². The maximum absolute atomic E-state index is 11.6. The minimum absolute atomic E-state index is 0.0103. The van der Waals surface area contributed by atoms with E-state index in [1.807, 2.05) is 6.08 Å². The molecule has 0 aromatic heterocycles. The zero-order valence-corrected chi connectivity index (χ0v) is 20.2. The summed E-state index contributed by atoms with van der Waals surface area (Å²) >= 11 is 0. The number of carbonyl (C=O) groups is 1. The zero-order chi connectivity index (χ0) is 22.3. The van der Waals surface area contributed by atoms with Crippen LogP contribution in [0.3, 0.4) is 0 Å². The monoisotopic (exact) mass is 426 g/mol. The highest BCUT2D eigenvalue weighted by Crippen LogP contribution is 2.13. The van der Waals surface area contributed by atoms with Crippen LogP contribution in [0.15, 0.2) is 12.2 Å². The Kier molecular flexibility index (Phi) is 22.1. The molecular weight excluding hydrogens is 376 g/mol. The molecule has 4 nitrogen and oxygen atoms in total. The van der Waals surface area contributed by atoms with Crippen LogP contribution in [-0.2, 0) is 14.3 Å². The van der Waals surface area contributed by atoms with Crippen molar-refractivity contribution in [3.8, 4) is 0 Å². The lowest BCUT2D eigenvalue weighted by atomic mass is 10.0. The molecule has 0 saturated heterocycles. The number of allylic oxidation sites excluding steroid dienone is 1. The number of esters is 1. The number of unbranched alkanes of at least 4 members (excludes halogenated alkanes) is 13. The predicted octanol–water partition coefficient (Wildman–Crippen LogP) is 6.99. The Balaban J connectivity index is 3.36. The molecule has 0 bridgehead atoms. The molecule has 4 heteroatoms. The quantitative estimate of drug-likeness (QED) is 0.115. The maximum atomic E-state index is 11.6. The van der Waals surface area contributed by atoms with Crippen LogP contribution in [0, 0.1) is 5.92 Å². The van der Waals surface area contributed by atoms with E-state index in [0.29, 0.717) is 12.5 Å². The lowest BCUT2D eigenvalue weighted by Gasteiger charge is -2.11. The molecule has 0 radical (unpaired) electrons. The number of hydrogen-bond donors (Lipinski definition) is 1. The van der Waals surface area contributed by atoms with Gasteiger partial charge in [0.15, 0.2) is 0 Å². The number of hydrogen-bond acceptors (Lipinski definition) is 4. The maximum Gasteiger partial charge on any atom is 0.330 e. The van der Waals surface area contributed by atoms with Crippen LogP contribution >= 0.6 is 0 Å². The Morgan fingerprint density at radius 1 is 0.833 bits per heavy atom. The summed E-state index contributed by atoms with van der Waals surface area (Å²) in [6.07, 6.45) is 22.0. The van der Waals surface area contributed by atoms with Crippen molar-refractivity contribution >= 4 is 5.97 Å². The van der Waals surface area contributed by atoms with E-state index < -0.39 is 6.10 Å². The largest absolute Gasteiger partial charge is 0.460 e. The Hall–Kier alpha value is -0.870. The van der Waals surface area contributed by atoms with Gasteiger partial charge >= 0.3 is 5.97 Å². The number of ether oxygens (including phenoxy) is 2. The van der Waals surface area contributed by atoms with Gasteiger partial charge in [-0.1, -0.05) is 104 Å². The summed E-state index contributed by atoms with van der Waals surface area (Å²) in [5.41, 5.74) is 0. The molecule has 0 spiro atoms. The van der Waals surface area contributed by atoms with Crippen molar-refractivity contribution in [3.63, 3.8) is 0 Å². The molecule has 1 unspecified atom stereocenters. The molecule has 0 aliphatic rings. The molecule has 0 saturated carbocycles. The minimum atomic E-state index is -0.754. The second-order valence-corrected chi connectivity index (χ2v) is 8.97. The van der Waals surface area contributed by atoms with Gasteiger partial charge < -0.3 is 14.6 Å². The summed E-state index contributed by atoms with van der Waals surface area (Å²) in [6.45, 7) is 7.36. The number of aliphatic hydroxyl groups excluding tert-OH is 1. The van der Waals surface area contributed by atoms with Gasteiger partial charge in [-0.25, -0.2) is 4.79 Å². The fourth-order valence-electron chi connectivity index (χ4n) is 3.27. The lowest BCUT2D eigenvalue weighted by Crippen LogP contribution is -2.23. The lowest BCUT2D eigenvalue weighted by molar-refractivity contribution is -0.141. The van der Waals surface area contributed by atoms with Gasteiger partial charge in [-0.05, 0) is 25.2 Å². The number of rotatable bonds is 22. The van der Waals surface area contributed by atoms with Gasteiger partial charge in [0, 0.05) is 12.7 Å². The van der Waals surface area contributed by atoms with Crippen molar-refractivity contribution in [2.75, 3.05) is 19.8 Å². The third kappa shape index (κ3) is 23.4. The fraction of sp³-hybridized carbons (Fsp3) is 0.885. The normalized spacial score (nSPS) is 12.7. The smallest absolute Gasteiger partial charge is 0.330 e. The fourth-order valence-corrected chi connectivity index (χ4v) is 3.27. The van der Waals surface area contributed by atoms with Crippen molar-refractivity contribution in [3.05, 3.63) is 12.2 Å². The van der Waals surface area contributed by atoms with Gasteiger partial charge in [0.2, 0.25) is 0 Å². The van der Waals surface area contributed by atoms with E-state index in [4.69, 9.17) is 9.47 Å². The molecule has 1 atom stereocenters. The summed E-state index contributed by atoms with van der Waals surface area (Å²) in [5, 5.41) is 9.74. The average molecular weight is 427 g/mol. The Morgan fingerprint density at radius 3 is 1.90 bits per heavy atom. The first-order valence-electron chi connectivity index (χ1n) is 12.6. The van der Waals surface area contributed by atoms with Crippen LogP contribution in [0.1, 0.15) is 117 Å². The second-order valence-electron chi connectivity index (χ2n) is 8.97. The first-order valence-corrected chi connectivity index (χ1v) is 12.6. The molecule has 0 aliphatic heterocycles. The molecule has 1 N–H and O–H groups in total. The van der Waals surface area contributed by atoms with Crippen molar-refractivity contribution in [2.24, 2.45) is 5.92 Å². The molecule has 178 valence electrons. The number of aliphatic hydroxyl groups is 1. The molecule has 0 aromatic carbocycles. The van der Waals surface area contributed by atoms with Gasteiger partial charge in [-0.3, -0.25) is 0 Å². The van der Waals surface area contributed by atoms with E-state index in [1.165, 1.54) is 83.1 Å². The van der Waals surface area contributed by atoms with E-state index >= 15 is 0 Å². The highest BCUT2D eigenvalue weighted by atomic mass is 16.5. The van der Waals surface area contributed by atoms with Crippen LogP contribution in [0.4, 0.5) is 0 Å². The molecule has 0 aliphatic carbocycles. The first kappa shape index (κ1) is 29.1. The molecule has 0 amide bonds. The third-order valence-corrected chi connectivity index (χ3v) is 5.30. The summed E-state index contributed by atoms with van der Waals surface area (Å²) in [4.78, 5) is 11.6. The summed E-state index contributed by atoms with van der Waals surface area (Å²) in [7, 11) is 0. The van der Waals surface area contributed by atoms with Crippen LogP contribution in [0.2, 0.25) is 0 Å². The highest BCUT2D eigenvalue weighted by molar-refractivity contribution is 5.81. The first-order chi connectivity index (χ1) is 14.6. The van der Waals surface area contributed by atoms with Crippen molar-refractivity contribution < 1.29 is 19.4 Å². The molecule has 0 fully saturated rings. The summed E-state index contributed by atoms with van der Waals surface area (Å²) in [5.74, 6) is 0.200. The van der Waals surface area contributed by atoms with E-state index in [9.17, 15) is 9.90 Å². The van der Waals surface area contributed by atoms with Crippen LogP contribution < -0.4 is 0 Å². The minimum Gasteiger partial charge on any atom is -0.460 e. The van der Waals surface area contributed by atoms with Gasteiger partial charge in [-0.15, -0.1) is 0 Å². The molecular formula is C26H50O4. The average Bonchev–Trinajstić information content (AvgIpc) is 2.72. The van der Waals surface area contributed by atoms with Crippen LogP contribution in [-0.4, -0.2) is 37.0 Å². The van der Waals surface area contributed by atoms with Crippen molar-refractivity contribution in [1.29, 1.82) is 0 Å². The zero-order valence-electron chi connectivity index (χ0n) is 20.2. The van der Waals surface area contributed by atoms with Crippen LogP contribution in [0.25, 0.3) is 0 Å². The van der Waals surface area contributed by atoms with E-state index in [0.717, 1.165) is 19.3 Å². The number of carbonyl (C=O) groups excluding carboxylic acids is 1. The predicted molar refractivity (Wildman–Crippen MR) is 127 cm³/mol. The van der Waals surface area contributed by atoms with E-state index in [2.05, 4.69) is 20.8 Å². The SMILES string of the molecule is CCCCCCCCCCCCCCC/C=C/C(=O)OCC(O)COCCC(C)C. The second kappa shape index (κ2) is 22.8. The van der Waals surface area contributed by atoms with E-state index in [1.54, 1.807) is 0 Å². The van der Waals surface area contributed by atoms with Crippen molar-refractivity contribution in [1.82, 2.24) is 0 Å². The van der Waals surface area contributed by atoms with Gasteiger partial charge in [-0.2, -0.15) is 0 Å². The highest BCUT2D eigenvalue weighted by Gasteiger charge is 2.07. The Bertz CT molecular complexity index is 392. The summed E-state index contributed by atoms with van der Waals surface area (Å²) in [6, 6.07) is 0. The Morgan fingerprint density at radius 2 is 1.37 bits per heavy atom. The van der Waals surface area contributed by atoms with Crippen LogP contribution in [0.5, 0.6) is 0 Å². The standard InChI is InChI=1S/C26H50O4/c1-4-5-6-7-8-9-10-11-12-13-14-15-16-17-18-19-26(28)30-23-25(27)22-29-21-20-24(2)3/h18-19,24-25,27H,4-17,20-23H2,1-3H3/b19-18+. The molecule has 30 heavy (non-hydrogen) atoms. The van der Waals surface area contributed by atoms with Gasteiger partial charge in [0.05, 0.1) is 6.61 Å². The van der Waals surface area contributed by atoms with Gasteiger partial charge in [0.25, 0.3) is 0 Å². The van der Waals surface area contributed by atoms with Crippen molar-refractivity contribution in [2.45, 2.75) is 123 Å². The molecule has 0 rings (SSSR count). The van der Waals surface area contributed by atoms with E-state index in [-0.39, 0.29) is 19.2 Å². The molecule has 0 aromatic rings. The molecule has 0 heterocycles. The third-order valence-electron chi connectivity index (χ3n) is 5.30. The Labute approximate surface area is 186 Å².